The van der Waals surface area contributed by atoms with Crippen LogP contribution in [0, 0.1) is 0 Å². The summed E-state index contributed by atoms with van der Waals surface area (Å²) in [4.78, 5) is 6.83. The quantitative estimate of drug-likeness (QED) is 0.757. The highest BCUT2D eigenvalue weighted by Crippen LogP contribution is 2.22. The molecule has 0 atom stereocenters. The molecule has 1 fully saturated rings. The van der Waals surface area contributed by atoms with E-state index < -0.39 is 0 Å². The maximum atomic E-state index is 4.37. The lowest BCUT2D eigenvalue weighted by Gasteiger charge is -2.30. The first-order valence-corrected chi connectivity index (χ1v) is 5.94. The Hall–Kier alpha value is -0.830. The number of nitrogens with zero attached hydrogens (tertiary/aromatic N) is 3. The molecule has 1 aliphatic carbocycles. The average molecular weight is 207 g/mol. The number of rotatable bonds is 3. The Morgan fingerprint density at radius 2 is 2.13 bits per heavy atom. The summed E-state index contributed by atoms with van der Waals surface area (Å²) in [6, 6.07) is 0.774. The largest absolute Gasteiger partial charge is 0.337 e. The number of aromatic nitrogens is 2. The summed E-state index contributed by atoms with van der Waals surface area (Å²) in [6.45, 7) is 0.980. The molecule has 0 radical (unpaired) electrons. The van der Waals surface area contributed by atoms with Gasteiger partial charge in [0, 0.05) is 25.5 Å². The normalized spacial score (nSPS) is 18.6. The lowest BCUT2D eigenvalue weighted by atomic mass is 9.94. The van der Waals surface area contributed by atoms with E-state index in [2.05, 4.69) is 28.5 Å². The van der Waals surface area contributed by atoms with Gasteiger partial charge in [-0.05, 0) is 19.9 Å². The Kier molecular flexibility index (Phi) is 3.41. The van der Waals surface area contributed by atoms with E-state index >= 15 is 0 Å². The van der Waals surface area contributed by atoms with Gasteiger partial charge < -0.3 is 4.57 Å². The number of aryl methyl sites for hydroxylation is 1. The SMILES string of the molecule is CN(Cc1nccn1C)C1CCCCC1. The monoisotopic (exact) mass is 207 g/mol. The molecule has 0 bridgehead atoms. The van der Waals surface area contributed by atoms with Gasteiger partial charge >= 0.3 is 0 Å². The van der Waals surface area contributed by atoms with Gasteiger partial charge in [0.2, 0.25) is 0 Å². The van der Waals surface area contributed by atoms with E-state index in [1.807, 2.05) is 12.4 Å². The highest BCUT2D eigenvalue weighted by Gasteiger charge is 2.18. The number of imidazole rings is 1. The van der Waals surface area contributed by atoms with Crippen molar-refractivity contribution in [3.8, 4) is 0 Å². The van der Waals surface area contributed by atoms with Crippen molar-refractivity contribution in [1.82, 2.24) is 14.5 Å². The van der Waals surface area contributed by atoms with Crippen LogP contribution in [-0.2, 0) is 13.6 Å². The number of hydrogen-bond acceptors (Lipinski definition) is 2. The van der Waals surface area contributed by atoms with Gasteiger partial charge in [0.15, 0.2) is 0 Å². The van der Waals surface area contributed by atoms with Crippen molar-refractivity contribution < 1.29 is 0 Å². The Bertz CT molecular complexity index is 300. The minimum atomic E-state index is 0.774. The van der Waals surface area contributed by atoms with Crippen LogP contribution in [0.4, 0.5) is 0 Å². The molecule has 0 aromatic carbocycles. The van der Waals surface area contributed by atoms with Gasteiger partial charge in [0.05, 0.1) is 6.54 Å². The van der Waals surface area contributed by atoms with Gasteiger partial charge in [-0.25, -0.2) is 4.98 Å². The van der Waals surface area contributed by atoms with Gasteiger partial charge in [-0.1, -0.05) is 19.3 Å². The molecule has 3 heteroatoms. The van der Waals surface area contributed by atoms with Crippen LogP contribution in [0.5, 0.6) is 0 Å². The summed E-state index contributed by atoms with van der Waals surface area (Å²) in [5, 5.41) is 0. The zero-order chi connectivity index (χ0) is 10.7. The molecule has 0 saturated heterocycles. The molecule has 0 spiro atoms. The molecule has 2 rings (SSSR count). The standard InChI is InChI=1S/C12H21N3/c1-14-9-8-13-12(14)10-15(2)11-6-4-3-5-7-11/h8-9,11H,3-7,10H2,1-2H3. The van der Waals surface area contributed by atoms with Gasteiger partial charge in [-0.15, -0.1) is 0 Å². The van der Waals surface area contributed by atoms with Crippen LogP contribution < -0.4 is 0 Å². The van der Waals surface area contributed by atoms with E-state index in [4.69, 9.17) is 0 Å². The second-order valence-electron chi connectivity index (χ2n) is 4.66. The zero-order valence-corrected chi connectivity index (χ0v) is 9.82. The molecule has 0 unspecified atom stereocenters. The van der Waals surface area contributed by atoms with Crippen molar-refractivity contribution in [1.29, 1.82) is 0 Å². The summed E-state index contributed by atoms with van der Waals surface area (Å²) < 4.78 is 2.11. The Labute approximate surface area is 92.1 Å². The second kappa shape index (κ2) is 4.79. The Balaban J connectivity index is 1.91. The first-order chi connectivity index (χ1) is 7.27. The molecule has 1 aromatic heterocycles. The lowest BCUT2D eigenvalue weighted by molar-refractivity contribution is 0.179. The fraction of sp³-hybridized carbons (Fsp3) is 0.750. The van der Waals surface area contributed by atoms with E-state index in [1.54, 1.807) is 0 Å². The summed E-state index contributed by atoms with van der Waals surface area (Å²) in [5.74, 6) is 1.17. The summed E-state index contributed by atoms with van der Waals surface area (Å²) in [7, 11) is 4.29. The zero-order valence-electron chi connectivity index (χ0n) is 9.82. The second-order valence-corrected chi connectivity index (χ2v) is 4.66. The fourth-order valence-corrected chi connectivity index (χ4v) is 2.42. The first kappa shape index (κ1) is 10.7. The lowest BCUT2D eigenvalue weighted by Crippen LogP contribution is -2.33. The fourth-order valence-electron chi connectivity index (χ4n) is 2.42. The molecule has 0 amide bonds. The van der Waals surface area contributed by atoms with Crippen molar-refractivity contribution in [2.45, 2.75) is 44.7 Å². The summed E-state index contributed by atoms with van der Waals surface area (Å²) in [5.41, 5.74) is 0. The predicted octanol–water partition coefficient (Wildman–Crippen LogP) is 2.18. The molecular formula is C12H21N3. The molecule has 1 aromatic rings. The van der Waals surface area contributed by atoms with Crippen molar-refractivity contribution in [2.75, 3.05) is 7.05 Å². The van der Waals surface area contributed by atoms with Crippen LogP contribution in [-0.4, -0.2) is 27.5 Å². The third-order valence-corrected chi connectivity index (χ3v) is 3.51. The van der Waals surface area contributed by atoms with Crippen LogP contribution in [0.25, 0.3) is 0 Å². The van der Waals surface area contributed by atoms with E-state index in [-0.39, 0.29) is 0 Å². The molecule has 1 heterocycles. The minimum Gasteiger partial charge on any atom is -0.337 e. The molecule has 15 heavy (non-hydrogen) atoms. The van der Waals surface area contributed by atoms with Gasteiger partial charge in [-0.3, -0.25) is 4.90 Å². The smallest absolute Gasteiger partial charge is 0.122 e. The molecule has 84 valence electrons. The predicted molar refractivity (Wildman–Crippen MR) is 61.5 cm³/mol. The van der Waals surface area contributed by atoms with E-state index in [1.165, 1.54) is 37.9 Å². The average Bonchev–Trinajstić information content (AvgIpc) is 2.66. The molecular weight excluding hydrogens is 186 g/mol. The van der Waals surface area contributed by atoms with Gasteiger partial charge in [0.1, 0.15) is 5.82 Å². The van der Waals surface area contributed by atoms with Crippen LogP contribution >= 0.6 is 0 Å². The maximum Gasteiger partial charge on any atom is 0.122 e. The van der Waals surface area contributed by atoms with Crippen LogP contribution in [0.1, 0.15) is 37.9 Å². The molecule has 1 saturated carbocycles. The topological polar surface area (TPSA) is 21.1 Å². The van der Waals surface area contributed by atoms with Gasteiger partial charge in [-0.2, -0.15) is 0 Å². The highest BCUT2D eigenvalue weighted by atomic mass is 15.2. The Morgan fingerprint density at radius 1 is 1.40 bits per heavy atom. The third-order valence-electron chi connectivity index (χ3n) is 3.51. The van der Waals surface area contributed by atoms with Gasteiger partial charge in [0.25, 0.3) is 0 Å². The van der Waals surface area contributed by atoms with Crippen LogP contribution in [0.15, 0.2) is 12.4 Å². The highest BCUT2D eigenvalue weighted by molar-refractivity contribution is 4.91. The summed E-state index contributed by atoms with van der Waals surface area (Å²) >= 11 is 0. The molecule has 1 aliphatic rings. The van der Waals surface area contributed by atoms with Crippen LogP contribution in [0.2, 0.25) is 0 Å². The van der Waals surface area contributed by atoms with Crippen molar-refractivity contribution in [2.24, 2.45) is 7.05 Å². The van der Waals surface area contributed by atoms with Crippen molar-refractivity contribution in [3.05, 3.63) is 18.2 Å². The van der Waals surface area contributed by atoms with E-state index in [9.17, 15) is 0 Å². The first-order valence-electron chi connectivity index (χ1n) is 5.94. The number of hydrogen-bond donors (Lipinski definition) is 0. The van der Waals surface area contributed by atoms with Crippen molar-refractivity contribution >= 4 is 0 Å². The van der Waals surface area contributed by atoms with Crippen LogP contribution in [0.3, 0.4) is 0 Å². The Morgan fingerprint density at radius 3 is 2.73 bits per heavy atom. The third kappa shape index (κ3) is 2.59. The molecule has 3 nitrogen and oxygen atoms in total. The minimum absolute atomic E-state index is 0.774. The maximum absolute atomic E-state index is 4.37. The molecule has 0 N–H and O–H groups in total. The van der Waals surface area contributed by atoms with Crippen molar-refractivity contribution in [3.63, 3.8) is 0 Å². The summed E-state index contributed by atoms with van der Waals surface area (Å²) in [6.07, 6.45) is 10.8. The van der Waals surface area contributed by atoms with E-state index in [0.29, 0.717) is 0 Å². The molecule has 0 aliphatic heterocycles. The van der Waals surface area contributed by atoms with E-state index in [0.717, 1.165) is 12.6 Å².